The highest BCUT2D eigenvalue weighted by molar-refractivity contribution is 5.85. The molecule has 20 heavy (non-hydrogen) atoms. The van der Waals surface area contributed by atoms with Crippen LogP contribution < -0.4 is 5.32 Å². The van der Waals surface area contributed by atoms with Gasteiger partial charge in [-0.1, -0.05) is 23.4 Å². The molecule has 5 heteroatoms. The van der Waals surface area contributed by atoms with Crippen molar-refractivity contribution in [3.63, 3.8) is 0 Å². The predicted octanol–water partition coefficient (Wildman–Crippen LogP) is 2.07. The van der Waals surface area contributed by atoms with E-state index in [2.05, 4.69) is 32.7 Å². The van der Waals surface area contributed by atoms with E-state index in [9.17, 15) is 0 Å². The lowest BCUT2D eigenvalue weighted by atomic mass is 10.2. The summed E-state index contributed by atoms with van der Waals surface area (Å²) in [5.41, 5.74) is 2.87. The molecule has 5 nitrogen and oxygen atoms in total. The van der Waals surface area contributed by atoms with Crippen molar-refractivity contribution in [1.82, 2.24) is 25.3 Å². The molecule has 3 aromatic rings. The summed E-state index contributed by atoms with van der Waals surface area (Å²) in [6.07, 6.45) is 6.33. The molecule has 0 spiro atoms. The lowest BCUT2D eigenvalue weighted by Crippen LogP contribution is -2.15. The van der Waals surface area contributed by atoms with Gasteiger partial charge in [0.15, 0.2) is 0 Å². The van der Waals surface area contributed by atoms with E-state index >= 15 is 0 Å². The molecule has 1 saturated carbocycles. The van der Waals surface area contributed by atoms with E-state index in [-0.39, 0.29) is 0 Å². The SMILES string of the molecule is c1cnc2c(-n3cc(CNC4CC4)nn3)cccc2c1. The fourth-order valence-corrected chi connectivity index (χ4v) is 2.31. The van der Waals surface area contributed by atoms with Crippen molar-refractivity contribution < 1.29 is 0 Å². The highest BCUT2D eigenvalue weighted by Gasteiger charge is 2.20. The van der Waals surface area contributed by atoms with E-state index in [0.717, 1.165) is 28.8 Å². The second-order valence-corrected chi connectivity index (χ2v) is 5.16. The maximum Gasteiger partial charge on any atom is 0.0969 e. The minimum Gasteiger partial charge on any atom is -0.308 e. The van der Waals surface area contributed by atoms with E-state index in [1.807, 2.05) is 24.4 Å². The second-order valence-electron chi connectivity index (χ2n) is 5.16. The molecule has 2 heterocycles. The minimum absolute atomic E-state index is 0.680. The van der Waals surface area contributed by atoms with Crippen LogP contribution in [0.1, 0.15) is 18.5 Å². The van der Waals surface area contributed by atoms with Gasteiger partial charge in [-0.25, -0.2) is 4.68 Å². The van der Waals surface area contributed by atoms with E-state index in [1.54, 1.807) is 10.9 Å². The zero-order valence-electron chi connectivity index (χ0n) is 11.0. The molecule has 1 fully saturated rings. The quantitative estimate of drug-likeness (QED) is 0.784. The van der Waals surface area contributed by atoms with Crippen LogP contribution in [-0.4, -0.2) is 26.0 Å². The van der Waals surface area contributed by atoms with Gasteiger partial charge in [0.05, 0.1) is 23.1 Å². The van der Waals surface area contributed by atoms with Crippen LogP contribution in [0.15, 0.2) is 42.7 Å². The Morgan fingerprint density at radius 1 is 1.20 bits per heavy atom. The number of hydrogen-bond donors (Lipinski definition) is 1. The van der Waals surface area contributed by atoms with Gasteiger partial charge in [0, 0.05) is 24.2 Å². The Morgan fingerprint density at radius 3 is 3.00 bits per heavy atom. The van der Waals surface area contributed by atoms with Crippen molar-refractivity contribution >= 4 is 10.9 Å². The molecule has 1 N–H and O–H groups in total. The van der Waals surface area contributed by atoms with Gasteiger partial charge in [-0.15, -0.1) is 5.10 Å². The van der Waals surface area contributed by atoms with Crippen molar-refractivity contribution in [3.8, 4) is 5.69 Å². The van der Waals surface area contributed by atoms with E-state index in [1.165, 1.54) is 12.8 Å². The fraction of sp³-hybridized carbons (Fsp3) is 0.267. The van der Waals surface area contributed by atoms with Crippen LogP contribution in [0.25, 0.3) is 16.6 Å². The fourth-order valence-electron chi connectivity index (χ4n) is 2.31. The number of fused-ring (bicyclic) bond motifs is 1. The van der Waals surface area contributed by atoms with E-state index in [4.69, 9.17) is 0 Å². The Bertz CT molecular complexity index is 739. The molecule has 1 aliphatic rings. The molecular weight excluding hydrogens is 250 g/mol. The van der Waals surface area contributed by atoms with Crippen molar-refractivity contribution in [2.24, 2.45) is 0 Å². The summed E-state index contributed by atoms with van der Waals surface area (Å²) in [7, 11) is 0. The zero-order valence-corrected chi connectivity index (χ0v) is 11.0. The van der Waals surface area contributed by atoms with E-state index in [0.29, 0.717) is 6.04 Å². The van der Waals surface area contributed by atoms with Gasteiger partial charge in [0.25, 0.3) is 0 Å². The first-order valence-electron chi connectivity index (χ1n) is 6.89. The van der Waals surface area contributed by atoms with Gasteiger partial charge >= 0.3 is 0 Å². The van der Waals surface area contributed by atoms with Crippen molar-refractivity contribution in [2.75, 3.05) is 0 Å². The van der Waals surface area contributed by atoms with Crippen LogP contribution in [0.2, 0.25) is 0 Å². The maximum absolute atomic E-state index is 4.45. The molecule has 4 rings (SSSR count). The largest absolute Gasteiger partial charge is 0.308 e. The highest BCUT2D eigenvalue weighted by Crippen LogP contribution is 2.20. The summed E-state index contributed by atoms with van der Waals surface area (Å²) in [6.45, 7) is 0.781. The number of aromatic nitrogens is 4. The third-order valence-corrected chi connectivity index (χ3v) is 3.55. The lowest BCUT2D eigenvalue weighted by Gasteiger charge is -2.04. The molecule has 2 aromatic heterocycles. The molecule has 0 amide bonds. The summed E-state index contributed by atoms with van der Waals surface area (Å²) < 4.78 is 1.80. The average Bonchev–Trinajstić information content (AvgIpc) is 3.21. The van der Waals surface area contributed by atoms with Gasteiger partial charge in [0.2, 0.25) is 0 Å². The molecule has 0 unspecified atom stereocenters. The van der Waals surface area contributed by atoms with Crippen molar-refractivity contribution in [2.45, 2.75) is 25.4 Å². The first-order chi connectivity index (χ1) is 9.90. The predicted molar refractivity (Wildman–Crippen MR) is 76.5 cm³/mol. The van der Waals surface area contributed by atoms with E-state index < -0.39 is 0 Å². The van der Waals surface area contributed by atoms with Crippen LogP contribution in [0.4, 0.5) is 0 Å². The van der Waals surface area contributed by atoms with Gasteiger partial charge in [-0.3, -0.25) is 4.98 Å². The summed E-state index contributed by atoms with van der Waals surface area (Å²) >= 11 is 0. The number of benzene rings is 1. The van der Waals surface area contributed by atoms with Crippen LogP contribution in [0.3, 0.4) is 0 Å². The summed E-state index contributed by atoms with van der Waals surface area (Å²) in [6, 6.07) is 10.8. The standard InChI is InChI=1S/C15H15N5/c1-3-11-4-2-8-16-15(11)14(5-1)20-10-13(18-19-20)9-17-12-6-7-12/h1-5,8,10,12,17H,6-7,9H2. The number of pyridine rings is 1. The average molecular weight is 265 g/mol. The van der Waals surface area contributed by atoms with Crippen LogP contribution in [0, 0.1) is 0 Å². The van der Waals surface area contributed by atoms with Gasteiger partial charge in [-0.05, 0) is 25.0 Å². The molecule has 0 radical (unpaired) electrons. The molecule has 100 valence electrons. The number of para-hydroxylation sites is 1. The lowest BCUT2D eigenvalue weighted by molar-refractivity contribution is 0.671. The van der Waals surface area contributed by atoms with Crippen molar-refractivity contribution in [3.05, 3.63) is 48.4 Å². The second kappa shape index (κ2) is 4.68. The normalized spacial score (nSPS) is 14.8. The number of rotatable bonds is 4. The van der Waals surface area contributed by atoms with Crippen LogP contribution in [-0.2, 0) is 6.54 Å². The maximum atomic E-state index is 4.45. The Hall–Kier alpha value is -2.27. The smallest absolute Gasteiger partial charge is 0.0969 e. The third kappa shape index (κ3) is 2.16. The highest BCUT2D eigenvalue weighted by atomic mass is 15.4. The Kier molecular flexibility index (Phi) is 2.70. The minimum atomic E-state index is 0.680. The molecule has 1 aliphatic carbocycles. The van der Waals surface area contributed by atoms with Crippen molar-refractivity contribution in [1.29, 1.82) is 0 Å². The van der Waals surface area contributed by atoms with Crippen LogP contribution >= 0.6 is 0 Å². The summed E-state index contributed by atoms with van der Waals surface area (Å²) in [5, 5.41) is 13.0. The molecule has 0 aliphatic heterocycles. The number of nitrogens with one attached hydrogen (secondary N) is 1. The Labute approximate surface area is 116 Å². The first-order valence-corrected chi connectivity index (χ1v) is 6.89. The third-order valence-electron chi connectivity index (χ3n) is 3.55. The summed E-state index contributed by atoms with van der Waals surface area (Å²) in [4.78, 5) is 4.45. The molecule has 0 saturated heterocycles. The topological polar surface area (TPSA) is 55.6 Å². The van der Waals surface area contributed by atoms with Gasteiger partial charge in [0.1, 0.15) is 0 Å². The molecular formula is C15H15N5. The number of hydrogen-bond acceptors (Lipinski definition) is 4. The van der Waals surface area contributed by atoms with Gasteiger partial charge in [-0.2, -0.15) is 0 Å². The monoisotopic (exact) mass is 265 g/mol. The molecule has 0 bridgehead atoms. The molecule has 1 aromatic carbocycles. The Balaban J connectivity index is 1.67. The Morgan fingerprint density at radius 2 is 2.10 bits per heavy atom. The first kappa shape index (κ1) is 11.5. The summed E-state index contributed by atoms with van der Waals surface area (Å²) in [5.74, 6) is 0. The number of nitrogens with zero attached hydrogens (tertiary/aromatic N) is 4. The molecule has 0 atom stereocenters. The zero-order chi connectivity index (χ0) is 13.4. The van der Waals surface area contributed by atoms with Gasteiger partial charge < -0.3 is 5.32 Å². The van der Waals surface area contributed by atoms with Crippen LogP contribution in [0.5, 0.6) is 0 Å².